The summed E-state index contributed by atoms with van der Waals surface area (Å²) >= 11 is 0. The van der Waals surface area contributed by atoms with Crippen LogP contribution in [0.15, 0.2) is 104 Å². The smallest absolute Gasteiger partial charge is 0.0571 e. The van der Waals surface area contributed by atoms with Gasteiger partial charge in [-0.1, -0.05) is 6.07 Å². The maximum atomic E-state index is 4.24. The molecule has 0 aliphatic carbocycles. The largest absolute Gasteiger partial charge is 0.340 e. The van der Waals surface area contributed by atoms with Gasteiger partial charge in [-0.2, -0.15) is 0 Å². The minimum Gasteiger partial charge on any atom is -0.340 e. The van der Waals surface area contributed by atoms with Gasteiger partial charge in [-0.25, -0.2) is 0 Å². The molecular weight excluding hydrogens is 404 g/mol. The molecule has 0 bridgehead atoms. The first-order chi connectivity index (χ1) is 16.3. The van der Waals surface area contributed by atoms with Crippen molar-refractivity contribution in [3.05, 3.63) is 104 Å². The monoisotopic (exact) mass is 426 g/mol. The van der Waals surface area contributed by atoms with Crippen LogP contribution in [0.25, 0.3) is 55.2 Å². The Morgan fingerprint density at radius 1 is 0.545 bits per heavy atom. The molecule has 0 atom stereocenters. The molecule has 0 aliphatic rings. The third-order valence-electron chi connectivity index (χ3n) is 6.29. The van der Waals surface area contributed by atoms with Gasteiger partial charge in [-0.15, -0.1) is 0 Å². The standard InChI is InChI=1S/C29H22N4/c1-2-33-28-4-3-23(20-5-11-30-12-6-20)17-26(28)27-19-24(21-7-13-31-14-8-21)18-25(29(27)33)22-9-15-32-16-10-22/h3-19H,2H2,1H3. The van der Waals surface area contributed by atoms with Crippen molar-refractivity contribution in [2.45, 2.75) is 13.5 Å². The van der Waals surface area contributed by atoms with Crippen molar-refractivity contribution in [2.75, 3.05) is 0 Å². The zero-order chi connectivity index (χ0) is 22.2. The van der Waals surface area contributed by atoms with Crippen molar-refractivity contribution in [1.82, 2.24) is 19.5 Å². The molecule has 0 saturated carbocycles. The molecule has 0 N–H and O–H groups in total. The molecule has 0 amide bonds. The van der Waals surface area contributed by atoms with Gasteiger partial charge in [0.2, 0.25) is 0 Å². The van der Waals surface area contributed by atoms with Crippen LogP contribution in [-0.2, 0) is 6.54 Å². The van der Waals surface area contributed by atoms with Crippen LogP contribution >= 0.6 is 0 Å². The minimum atomic E-state index is 0.890. The van der Waals surface area contributed by atoms with Crippen LogP contribution in [0.1, 0.15) is 6.92 Å². The number of hydrogen-bond donors (Lipinski definition) is 0. The zero-order valence-corrected chi connectivity index (χ0v) is 18.3. The van der Waals surface area contributed by atoms with Crippen molar-refractivity contribution in [3.8, 4) is 33.4 Å². The SMILES string of the molecule is CCn1c2ccc(-c3ccncc3)cc2c2cc(-c3ccncc3)cc(-c3ccncc3)c21. The molecule has 4 heterocycles. The number of benzene rings is 2. The molecule has 0 unspecified atom stereocenters. The maximum absolute atomic E-state index is 4.24. The molecule has 4 heteroatoms. The second-order valence-electron chi connectivity index (χ2n) is 8.10. The number of fused-ring (bicyclic) bond motifs is 3. The Kier molecular flexibility index (Phi) is 4.69. The van der Waals surface area contributed by atoms with E-state index in [0.29, 0.717) is 0 Å². The van der Waals surface area contributed by atoms with Gasteiger partial charge >= 0.3 is 0 Å². The van der Waals surface area contributed by atoms with Gasteiger partial charge in [0.1, 0.15) is 0 Å². The first-order valence-electron chi connectivity index (χ1n) is 11.1. The predicted molar refractivity (Wildman–Crippen MR) is 135 cm³/mol. The molecule has 4 aromatic heterocycles. The van der Waals surface area contributed by atoms with Crippen molar-refractivity contribution in [1.29, 1.82) is 0 Å². The van der Waals surface area contributed by atoms with Crippen LogP contribution in [0.3, 0.4) is 0 Å². The fourth-order valence-electron chi connectivity index (χ4n) is 4.75. The lowest BCUT2D eigenvalue weighted by Crippen LogP contribution is -1.96. The Morgan fingerprint density at radius 2 is 1.09 bits per heavy atom. The van der Waals surface area contributed by atoms with E-state index in [4.69, 9.17) is 0 Å². The highest BCUT2D eigenvalue weighted by Crippen LogP contribution is 2.40. The molecular formula is C29H22N4. The second kappa shape index (κ2) is 7.99. The van der Waals surface area contributed by atoms with Gasteiger partial charge in [-0.3, -0.25) is 15.0 Å². The summed E-state index contributed by atoms with van der Waals surface area (Å²) in [4.78, 5) is 12.6. The minimum absolute atomic E-state index is 0.890. The first kappa shape index (κ1) is 19.4. The van der Waals surface area contributed by atoms with E-state index in [1.54, 1.807) is 0 Å². The third-order valence-corrected chi connectivity index (χ3v) is 6.29. The number of aromatic nitrogens is 4. The number of rotatable bonds is 4. The average Bonchev–Trinajstić information content (AvgIpc) is 3.22. The fourth-order valence-corrected chi connectivity index (χ4v) is 4.75. The molecule has 0 fully saturated rings. The summed E-state index contributed by atoms with van der Waals surface area (Å²) < 4.78 is 2.42. The van der Waals surface area contributed by atoms with E-state index >= 15 is 0 Å². The lowest BCUT2D eigenvalue weighted by Gasteiger charge is -2.12. The molecule has 0 saturated heterocycles. The molecule has 0 aliphatic heterocycles. The van der Waals surface area contributed by atoms with Crippen LogP contribution in [0, 0.1) is 0 Å². The summed E-state index contributed by atoms with van der Waals surface area (Å²) in [7, 11) is 0. The van der Waals surface area contributed by atoms with Crippen LogP contribution in [0.4, 0.5) is 0 Å². The van der Waals surface area contributed by atoms with Crippen molar-refractivity contribution < 1.29 is 0 Å². The Balaban J connectivity index is 1.73. The van der Waals surface area contributed by atoms with E-state index < -0.39 is 0 Å². The van der Waals surface area contributed by atoms with E-state index in [1.165, 1.54) is 44.1 Å². The van der Waals surface area contributed by atoms with Crippen LogP contribution < -0.4 is 0 Å². The third kappa shape index (κ3) is 3.28. The molecule has 2 aromatic carbocycles. The lowest BCUT2D eigenvalue weighted by atomic mass is 9.96. The predicted octanol–water partition coefficient (Wildman–Crippen LogP) is 7.00. The van der Waals surface area contributed by atoms with Gasteiger partial charge in [-0.05, 0) is 95.4 Å². The zero-order valence-electron chi connectivity index (χ0n) is 18.3. The molecule has 0 radical (unpaired) electrons. The van der Waals surface area contributed by atoms with E-state index in [1.807, 2.05) is 37.2 Å². The normalized spacial score (nSPS) is 11.3. The van der Waals surface area contributed by atoms with Gasteiger partial charge in [0.25, 0.3) is 0 Å². The summed E-state index contributed by atoms with van der Waals surface area (Å²) in [5.41, 5.74) is 9.58. The maximum Gasteiger partial charge on any atom is 0.0571 e. The Morgan fingerprint density at radius 3 is 1.70 bits per heavy atom. The summed E-state index contributed by atoms with van der Waals surface area (Å²) in [6.45, 7) is 3.10. The van der Waals surface area contributed by atoms with E-state index in [0.717, 1.165) is 17.7 Å². The molecule has 158 valence electrons. The molecule has 33 heavy (non-hydrogen) atoms. The average molecular weight is 427 g/mol. The molecule has 6 aromatic rings. The second-order valence-corrected chi connectivity index (χ2v) is 8.10. The Labute approximate surface area is 192 Å². The Bertz CT molecular complexity index is 1570. The Hall–Kier alpha value is -4.31. The van der Waals surface area contributed by atoms with Crippen molar-refractivity contribution >= 4 is 21.8 Å². The van der Waals surface area contributed by atoms with Crippen molar-refractivity contribution in [2.24, 2.45) is 0 Å². The quantitative estimate of drug-likeness (QED) is 0.305. The first-order valence-corrected chi connectivity index (χ1v) is 11.1. The molecule has 4 nitrogen and oxygen atoms in total. The summed E-state index contributed by atoms with van der Waals surface area (Å²) in [6, 6.07) is 23.8. The lowest BCUT2D eigenvalue weighted by molar-refractivity contribution is 0.828. The number of hydrogen-bond acceptors (Lipinski definition) is 3. The van der Waals surface area contributed by atoms with Gasteiger partial charge in [0.05, 0.1) is 5.52 Å². The van der Waals surface area contributed by atoms with Crippen LogP contribution in [0.2, 0.25) is 0 Å². The number of pyridine rings is 3. The highest BCUT2D eigenvalue weighted by Gasteiger charge is 2.17. The van der Waals surface area contributed by atoms with Crippen molar-refractivity contribution in [3.63, 3.8) is 0 Å². The van der Waals surface area contributed by atoms with Gasteiger partial charge in [0.15, 0.2) is 0 Å². The van der Waals surface area contributed by atoms with Crippen LogP contribution in [-0.4, -0.2) is 19.5 Å². The highest BCUT2D eigenvalue weighted by molar-refractivity contribution is 6.15. The highest BCUT2D eigenvalue weighted by atomic mass is 15.0. The van der Waals surface area contributed by atoms with Gasteiger partial charge in [0, 0.05) is 65.6 Å². The van der Waals surface area contributed by atoms with E-state index in [-0.39, 0.29) is 0 Å². The molecule has 0 spiro atoms. The van der Waals surface area contributed by atoms with E-state index in [9.17, 15) is 0 Å². The fraction of sp³-hybridized carbons (Fsp3) is 0.0690. The molecule has 6 rings (SSSR count). The topological polar surface area (TPSA) is 43.6 Å². The van der Waals surface area contributed by atoms with Crippen LogP contribution in [0.5, 0.6) is 0 Å². The number of aryl methyl sites for hydroxylation is 1. The van der Waals surface area contributed by atoms with E-state index in [2.05, 4.69) is 93.2 Å². The summed E-state index contributed by atoms with van der Waals surface area (Å²) in [5.74, 6) is 0. The summed E-state index contributed by atoms with van der Waals surface area (Å²) in [6.07, 6.45) is 11.1. The summed E-state index contributed by atoms with van der Waals surface area (Å²) in [5, 5.41) is 2.51. The number of nitrogens with zero attached hydrogens (tertiary/aromatic N) is 4. The van der Waals surface area contributed by atoms with Gasteiger partial charge < -0.3 is 4.57 Å².